The smallest absolute Gasteiger partial charge is 0.339 e. The first-order chi connectivity index (χ1) is 9.60. The summed E-state index contributed by atoms with van der Waals surface area (Å²) in [5, 5.41) is 19.5. The molecule has 5 nitrogen and oxygen atoms in total. The Labute approximate surface area is 116 Å². The molecule has 20 heavy (non-hydrogen) atoms. The van der Waals surface area contributed by atoms with Crippen molar-refractivity contribution in [2.45, 2.75) is 20.3 Å². The summed E-state index contributed by atoms with van der Waals surface area (Å²) in [7, 11) is 0. The van der Waals surface area contributed by atoms with Crippen LogP contribution in [0.1, 0.15) is 29.8 Å². The van der Waals surface area contributed by atoms with Crippen molar-refractivity contribution in [3.05, 3.63) is 35.6 Å². The summed E-state index contributed by atoms with van der Waals surface area (Å²) >= 11 is 0. The van der Waals surface area contributed by atoms with Crippen LogP contribution in [-0.4, -0.2) is 22.8 Å². The number of aromatic carboxylic acids is 1. The SMILES string of the molecule is CCOc1cccc(-c2occ(CC)c2C(=O)O)c1O. The maximum absolute atomic E-state index is 11.4. The Kier molecular flexibility index (Phi) is 3.98. The van der Waals surface area contributed by atoms with Gasteiger partial charge >= 0.3 is 5.97 Å². The van der Waals surface area contributed by atoms with Crippen LogP contribution in [0.5, 0.6) is 11.5 Å². The number of rotatable bonds is 5. The van der Waals surface area contributed by atoms with Crippen LogP contribution >= 0.6 is 0 Å². The normalized spacial score (nSPS) is 10.5. The molecule has 2 N–H and O–H groups in total. The number of carbonyl (C=O) groups is 1. The van der Waals surface area contributed by atoms with Crippen LogP contribution in [0.3, 0.4) is 0 Å². The number of hydrogen-bond acceptors (Lipinski definition) is 4. The minimum Gasteiger partial charge on any atom is -0.504 e. The molecule has 0 aliphatic rings. The van der Waals surface area contributed by atoms with Crippen LogP contribution in [0.15, 0.2) is 28.9 Å². The number of carboxylic acids is 1. The molecule has 0 bridgehead atoms. The van der Waals surface area contributed by atoms with Gasteiger partial charge in [-0.3, -0.25) is 0 Å². The number of phenols is 1. The quantitative estimate of drug-likeness (QED) is 0.875. The van der Waals surface area contributed by atoms with Gasteiger partial charge in [0.15, 0.2) is 17.3 Å². The number of aryl methyl sites for hydroxylation is 1. The zero-order valence-electron chi connectivity index (χ0n) is 11.3. The number of ether oxygens (including phenoxy) is 1. The molecule has 0 aliphatic carbocycles. The van der Waals surface area contributed by atoms with Crippen molar-refractivity contribution in [2.24, 2.45) is 0 Å². The van der Waals surface area contributed by atoms with Crippen LogP contribution < -0.4 is 4.74 Å². The molecule has 1 aromatic carbocycles. The van der Waals surface area contributed by atoms with Crippen molar-refractivity contribution in [1.29, 1.82) is 0 Å². The highest BCUT2D eigenvalue weighted by atomic mass is 16.5. The van der Waals surface area contributed by atoms with Crippen molar-refractivity contribution in [3.63, 3.8) is 0 Å². The lowest BCUT2D eigenvalue weighted by atomic mass is 10.0. The van der Waals surface area contributed by atoms with Crippen molar-refractivity contribution in [2.75, 3.05) is 6.61 Å². The number of aromatic hydroxyl groups is 1. The molecule has 0 fully saturated rings. The van der Waals surface area contributed by atoms with Crippen molar-refractivity contribution >= 4 is 5.97 Å². The number of carboxylic acid groups (broad SMARTS) is 1. The van der Waals surface area contributed by atoms with Crippen molar-refractivity contribution < 1.29 is 24.2 Å². The number of phenolic OH excluding ortho intramolecular Hbond substituents is 1. The van der Waals surface area contributed by atoms with Crippen molar-refractivity contribution in [3.8, 4) is 22.8 Å². The summed E-state index contributed by atoms with van der Waals surface area (Å²) in [5.41, 5.74) is 0.984. The van der Waals surface area contributed by atoms with Gasteiger partial charge in [0.1, 0.15) is 5.56 Å². The predicted octanol–water partition coefficient (Wildman–Crippen LogP) is 3.31. The fourth-order valence-electron chi connectivity index (χ4n) is 2.06. The Balaban J connectivity index is 2.60. The van der Waals surface area contributed by atoms with E-state index < -0.39 is 5.97 Å². The first-order valence-electron chi connectivity index (χ1n) is 6.38. The number of para-hydroxylation sites is 1. The maximum atomic E-state index is 11.4. The van der Waals surface area contributed by atoms with Crippen LogP contribution in [-0.2, 0) is 6.42 Å². The molecule has 5 heteroatoms. The molecule has 0 aliphatic heterocycles. The van der Waals surface area contributed by atoms with E-state index in [1.54, 1.807) is 25.1 Å². The van der Waals surface area contributed by atoms with Gasteiger partial charge in [0, 0.05) is 5.56 Å². The third-order valence-electron chi connectivity index (χ3n) is 3.01. The third-order valence-corrected chi connectivity index (χ3v) is 3.01. The third kappa shape index (κ3) is 2.34. The minimum atomic E-state index is -1.08. The highest BCUT2D eigenvalue weighted by Gasteiger charge is 2.23. The Morgan fingerprint density at radius 2 is 2.10 bits per heavy atom. The zero-order valence-corrected chi connectivity index (χ0v) is 11.3. The van der Waals surface area contributed by atoms with E-state index >= 15 is 0 Å². The molecule has 0 saturated heterocycles. The molecule has 0 atom stereocenters. The van der Waals surface area contributed by atoms with Crippen LogP contribution in [0.4, 0.5) is 0 Å². The molecule has 1 aromatic heterocycles. The van der Waals surface area contributed by atoms with E-state index in [0.29, 0.717) is 29.9 Å². The van der Waals surface area contributed by atoms with Gasteiger partial charge in [-0.25, -0.2) is 4.79 Å². The number of furan rings is 1. The Hall–Kier alpha value is -2.43. The molecule has 2 aromatic rings. The van der Waals surface area contributed by atoms with Gasteiger partial charge in [0.2, 0.25) is 0 Å². The molecule has 0 saturated carbocycles. The van der Waals surface area contributed by atoms with E-state index in [1.165, 1.54) is 6.26 Å². The van der Waals surface area contributed by atoms with E-state index in [9.17, 15) is 15.0 Å². The van der Waals surface area contributed by atoms with E-state index in [1.807, 2.05) is 6.92 Å². The van der Waals surface area contributed by atoms with E-state index in [4.69, 9.17) is 9.15 Å². The van der Waals surface area contributed by atoms with E-state index in [-0.39, 0.29) is 17.1 Å². The second-order valence-electron chi connectivity index (χ2n) is 4.21. The molecule has 0 unspecified atom stereocenters. The predicted molar refractivity (Wildman–Crippen MR) is 73.3 cm³/mol. The summed E-state index contributed by atoms with van der Waals surface area (Å²) in [4.78, 5) is 11.4. The average molecular weight is 276 g/mol. The van der Waals surface area contributed by atoms with Crippen LogP contribution in [0, 0.1) is 0 Å². The molecular formula is C15H16O5. The first-order valence-corrected chi connectivity index (χ1v) is 6.38. The van der Waals surface area contributed by atoms with E-state index in [2.05, 4.69) is 0 Å². The van der Waals surface area contributed by atoms with Gasteiger partial charge in [-0.05, 0) is 25.5 Å². The molecule has 0 radical (unpaired) electrons. The van der Waals surface area contributed by atoms with Gasteiger partial charge < -0.3 is 19.4 Å². The zero-order chi connectivity index (χ0) is 14.7. The summed E-state index contributed by atoms with van der Waals surface area (Å²) in [6, 6.07) is 4.90. The van der Waals surface area contributed by atoms with Gasteiger partial charge in [0.05, 0.1) is 18.4 Å². The molecule has 1 heterocycles. The first kappa shape index (κ1) is 14.0. The molecule has 106 valence electrons. The fourth-order valence-corrected chi connectivity index (χ4v) is 2.06. The maximum Gasteiger partial charge on any atom is 0.339 e. The Morgan fingerprint density at radius 3 is 2.70 bits per heavy atom. The second-order valence-corrected chi connectivity index (χ2v) is 4.21. The summed E-state index contributed by atoms with van der Waals surface area (Å²) in [6.07, 6.45) is 1.95. The molecule has 0 amide bonds. The standard InChI is InChI=1S/C15H16O5/c1-3-9-8-20-14(12(9)15(17)18)10-6-5-7-11(13(10)16)19-4-2/h5-8,16H,3-4H2,1-2H3,(H,17,18). The molecule has 0 spiro atoms. The Morgan fingerprint density at radius 1 is 1.35 bits per heavy atom. The highest BCUT2D eigenvalue weighted by Crippen LogP contribution is 2.40. The molecule has 2 rings (SSSR count). The Bertz CT molecular complexity index is 627. The van der Waals surface area contributed by atoms with Crippen LogP contribution in [0.2, 0.25) is 0 Å². The lowest BCUT2D eigenvalue weighted by molar-refractivity contribution is 0.0696. The largest absolute Gasteiger partial charge is 0.504 e. The van der Waals surface area contributed by atoms with Gasteiger partial charge in [-0.1, -0.05) is 13.0 Å². The van der Waals surface area contributed by atoms with Gasteiger partial charge in [-0.2, -0.15) is 0 Å². The van der Waals surface area contributed by atoms with E-state index in [0.717, 1.165) is 0 Å². The summed E-state index contributed by atoms with van der Waals surface area (Å²) in [6.45, 7) is 4.05. The number of hydrogen-bond donors (Lipinski definition) is 2. The van der Waals surface area contributed by atoms with Crippen molar-refractivity contribution in [1.82, 2.24) is 0 Å². The lowest BCUT2D eigenvalue weighted by Gasteiger charge is -2.09. The summed E-state index contributed by atoms with van der Waals surface area (Å²) in [5.74, 6) is -0.746. The van der Waals surface area contributed by atoms with Gasteiger partial charge in [0.25, 0.3) is 0 Å². The lowest BCUT2D eigenvalue weighted by Crippen LogP contribution is -2.01. The fraction of sp³-hybridized carbons (Fsp3) is 0.267. The number of benzene rings is 1. The average Bonchev–Trinajstić information content (AvgIpc) is 2.85. The monoisotopic (exact) mass is 276 g/mol. The minimum absolute atomic E-state index is 0.0800. The van der Waals surface area contributed by atoms with Crippen LogP contribution in [0.25, 0.3) is 11.3 Å². The highest BCUT2D eigenvalue weighted by molar-refractivity contribution is 5.97. The second kappa shape index (κ2) is 5.69. The topological polar surface area (TPSA) is 79.9 Å². The summed E-state index contributed by atoms with van der Waals surface area (Å²) < 4.78 is 10.6. The van der Waals surface area contributed by atoms with Gasteiger partial charge in [-0.15, -0.1) is 0 Å². The molecular weight excluding hydrogens is 260 g/mol.